The van der Waals surface area contributed by atoms with Crippen LogP contribution in [0.15, 0.2) is 53.6 Å². The number of nitrogens with zero attached hydrogens (tertiary/aromatic N) is 1. The molecule has 0 spiro atoms. The summed E-state index contributed by atoms with van der Waals surface area (Å²) in [6.07, 6.45) is 2.15. The van der Waals surface area contributed by atoms with E-state index in [4.69, 9.17) is 4.42 Å². The van der Waals surface area contributed by atoms with E-state index >= 15 is 0 Å². The number of oxazole rings is 1. The van der Waals surface area contributed by atoms with Crippen molar-refractivity contribution in [1.82, 2.24) is 10.3 Å². The highest BCUT2D eigenvalue weighted by Crippen LogP contribution is 2.30. The Morgan fingerprint density at radius 3 is 2.75 bits per heavy atom. The minimum absolute atomic E-state index is 0.246. The van der Waals surface area contributed by atoms with Gasteiger partial charge in [0.1, 0.15) is 0 Å². The molecule has 2 rings (SSSR count). The average Bonchev–Trinajstić information content (AvgIpc) is 2.96. The molecule has 0 radical (unpaired) electrons. The van der Waals surface area contributed by atoms with Gasteiger partial charge in [-0.05, 0) is 6.08 Å². The van der Waals surface area contributed by atoms with Crippen molar-refractivity contribution in [2.75, 3.05) is 6.54 Å². The van der Waals surface area contributed by atoms with Gasteiger partial charge in [-0.1, -0.05) is 36.9 Å². The molecule has 0 aliphatic heterocycles. The maximum atomic E-state index is 13.8. The third-order valence-corrected chi connectivity index (χ3v) is 2.55. The number of halogens is 2. The van der Waals surface area contributed by atoms with E-state index in [9.17, 15) is 13.6 Å². The number of amides is 1. The molecule has 104 valence electrons. The fraction of sp³-hybridized carbons (Fsp3) is 0.143. The zero-order valence-electron chi connectivity index (χ0n) is 10.5. The van der Waals surface area contributed by atoms with Crippen molar-refractivity contribution in [3.63, 3.8) is 0 Å². The van der Waals surface area contributed by atoms with Gasteiger partial charge in [-0.3, -0.25) is 4.79 Å². The Labute approximate surface area is 114 Å². The molecule has 1 heterocycles. The van der Waals surface area contributed by atoms with Crippen LogP contribution >= 0.6 is 0 Å². The molecule has 0 fully saturated rings. The maximum Gasteiger partial charge on any atom is 0.339 e. The van der Waals surface area contributed by atoms with Crippen LogP contribution in [0.5, 0.6) is 0 Å². The van der Waals surface area contributed by atoms with Crippen LogP contribution in [0.3, 0.4) is 0 Å². The lowest BCUT2D eigenvalue weighted by atomic mass is 10.2. The van der Waals surface area contributed by atoms with E-state index in [1.54, 1.807) is 30.3 Å². The summed E-state index contributed by atoms with van der Waals surface area (Å²) in [6.45, 7) is 2.29. The van der Waals surface area contributed by atoms with Crippen LogP contribution < -0.4 is 5.32 Å². The molecule has 0 aliphatic carbocycles. The molecule has 1 aromatic carbocycles. The molecule has 20 heavy (non-hydrogen) atoms. The van der Waals surface area contributed by atoms with Gasteiger partial charge in [0.25, 0.3) is 5.89 Å². The highest BCUT2D eigenvalue weighted by atomic mass is 19.3. The lowest BCUT2D eigenvalue weighted by Gasteiger charge is -2.12. The zero-order chi connectivity index (χ0) is 14.6. The second-order valence-electron chi connectivity index (χ2n) is 4.02. The van der Waals surface area contributed by atoms with Gasteiger partial charge < -0.3 is 9.73 Å². The summed E-state index contributed by atoms with van der Waals surface area (Å²) in [7, 11) is 0. The first-order valence-corrected chi connectivity index (χ1v) is 5.83. The molecule has 1 amide bonds. The number of carbonyl (C=O) groups excluding carboxylic acids is 1. The normalized spacial score (nSPS) is 11.1. The maximum absolute atomic E-state index is 13.8. The Bertz CT molecular complexity index is 609. The van der Waals surface area contributed by atoms with E-state index in [2.05, 4.69) is 11.6 Å². The quantitative estimate of drug-likeness (QED) is 0.856. The zero-order valence-corrected chi connectivity index (χ0v) is 10.5. The van der Waals surface area contributed by atoms with E-state index in [0.717, 1.165) is 6.08 Å². The Kier molecular flexibility index (Phi) is 3.93. The van der Waals surface area contributed by atoms with Gasteiger partial charge in [-0.15, -0.1) is 0 Å². The highest BCUT2D eigenvalue weighted by Gasteiger charge is 2.37. The molecule has 4 nitrogen and oxygen atoms in total. The molecule has 0 unspecified atom stereocenters. The van der Waals surface area contributed by atoms with Crippen molar-refractivity contribution >= 4 is 5.91 Å². The van der Waals surface area contributed by atoms with Crippen LogP contribution in [-0.4, -0.2) is 17.4 Å². The minimum Gasteiger partial charge on any atom is -0.435 e. The Balaban J connectivity index is 2.15. The lowest BCUT2D eigenvalue weighted by Crippen LogP contribution is -2.34. The molecule has 0 bridgehead atoms. The molecule has 0 atom stereocenters. The van der Waals surface area contributed by atoms with Crippen molar-refractivity contribution in [3.8, 4) is 11.3 Å². The first kappa shape index (κ1) is 13.9. The van der Waals surface area contributed by atoms with Crippen molar-refractivity contribution < 1.29 is 18.0 Å². The Morgan fingerprint density at radius 1 is 1.40 bits per heavy atom. The van der Waals surface area contributed by atoms with Crippen molar-refractivity contribution in [2.45, 2.75) is 5.92 Å². The van der Waals surface area contributed by atoms with Gasteiger partial charge in [-0.2, -0.15) is 8.78 Å². The fourth-order valence-electron chi connectivity index (χ4n) is 1.52. The summed E-state index contributed by atoms with van der Waals surface area (Å²) >= 11 is 0. The van der Waals surface area contributed by atoms with Crippen molar-refractivity contribution in [2.24, 2.45) is 0 Å². The number of carbonyl (C=O) groups is 1. The van der Waals surface area contributed by atoms with Crippen molar-refractivity contribution in [3.05, 3.63) is 55.1 Å². The number of rotatable bonds is 5. The predicted molar refractivity (Wildman–Crippen MR) is 69.0 cm³/mol. The summed E-state index contributed by atoms with van der Waals surface area (Å²) in [5.74, 6) is -4.55. The number of hydrogen-bond acceptors (Lipinski definition) is 3. The smallest absolute Gasteiger partial charge is 0.339 e. The van der Waals surface area contributed by atoms with Gasteiger partial charge >= 0.3 is 5.92 Å². The topological polar surface area (TPSA) is 55.1 Å². The van der Waals surface area contributed by atoms with E-state index in [-0.39, 0.29) is 5.76 Å². The number of nitrogens with one attached hydrogen (secondary N) is 1. The molecule has 0 saturated heterocycles. The van der Waals surface area contributed by atoms with Crippen LogP contribution in [0.2, 0.25) is 0 Å². The first-order chi connectivity index (χ1) is 9.53. The number of aromatic nitrogens is 1. The second-order valence-corrected chi connectivity index (χ2v) is 4.02. The van der Waals surface area contributed by atoms with Crippen LogP contribution in [0.4, 0.5) is 8.78 Å². The molecule has 0 saturated carbocycles. The Hall–Kier alpha value is -2.50. The molecule has 0 aliphatic rings. The van der Waals surface area contributed by atoms with Crippen LogP contribution in [-0.2, 0) is 10.7 Å². The summed E-state index contributed by atoms with van der Waals surface area (Å²) in [5.41, 5.74) is 0.650. The van der Waals surface area contributed by atoms with Crippen molar-refractivity contribution in [1.29, 1.82) is 0 Å². The van der Waals surface area contributed by atoms with E-state index in [0.29, 0.717) is 5.56 Å². The van der Waals surface area contributed by atoms with Crippen LogP contribution in [0.1, 0.15) is 5.89 Å². The molecule has 1 N–H and O–H groups in total. The largest absolute Gasteiger partial charge is 0.435 e. The minimum atomic E-state index is -3.38. The van der Waals surface area contributed by atoms with Crippen LogP contribution in [0, 0.1) is 0 Å². The third-order valence-electron chi connectivity index (χ3n) is 2.55. The highest BCUT2D eigenvalue weighted by molar-refractivity contribution is 5.86. The van der Waals surface area contributed by atoms with E-state index in [1.807, 2.05) is 5.32 Å². The molecular weight excluding hydrogens is 266 g/mol. The summed E-state index contributed by atoms with van der Waals surface area (Å²) < 4.78 is 32.6. The SMILES string of the molecule is C=CC(=O)NCC(F)(F)c1ncc(-c2ccccc2)o1. The number of alkyl halides is 2. The van der Waals surface area contributed by atoms with E-state index < -0.39 is 24.3 Å². The fourth-order valence-corrected chi connectivity index (χ4v) is 1.52. The molecule has 2 aromatic rings. The summed E-state index contributed by atoms with van der Waals surface area (Å²) in [4.78, 5) is 14.5. The summed E-state index contributed by atoms with van der Waals surface area (Å²) in [6, 6.07) is 8.78. The Morgan fingerprint density at radius 2 is 2.10 bits per heavy atom. The van der Waals surface area contributed by atoms with Crippen LogP contribution in [0.25, 0.3) is 11.3 Å². The standard InChI is InChI=1S/C14H12F2N2O2/c1-2-12(19)18-9-14(15,16)13-17-8-11(20-13)10-6-4-3-5-7-10/h2-8H,1,9H2,(H,18,19). The number of hydrogen-bond donors (Lipinski definition) is 1. The molecular formula is C14H12F2N2O2. The molecule has 6 heteroatoms. The lowest BCUT2D eigenvalue weighted by molar-refractivity contribution is -0.119. The van der Waals surface area contributed by atoms with Gasteiger partial charge in [-0.25, -0.2) is 4.98 Å². The van der Waals surface area contributed by atoms with Gasteiger partial charge in [0.2, 0.25) is 5.91 Å². The molecule has 1 aromatic heterocycles. The average molecular weight is 278 g/mol. The monoisotopic (exact) mass is 278 g/mol. The summed E-state index contributed by atoms with van der Waals surface area (Å²) in [5, 5.41) is 2.01. The third kappa shape index (κ3) is 3.09. The van der Waals surface area contributed by atoms with Gasteiger partial charge in [0.15, 0.2) is 5.76 Å². The first-order valence-electron chi connectivity index (χ1n) is 5.83. The van der Waals surface area contributed by atoms with Gasteiger partial charge in [0.05, 0.1) is 12.7 Å². The predicted octanol–water partition coefficient (Wildman–Crippen LogP) is 2.74. The number of benzene rings is 1. The van der Waals surface area contributed by atoms with E-state index in [1.165, 1.54) is 6.20 Å². The second kappa shape index (κ2) is 5.64. The van der Waals surface area contributed by atoms with Gasteiger partial charge in [0, 0.05) is 5.56 Å².